The Balaban J connectivity index is 1.79. The van der Waals surface area contributed by atoms with Crippen molar-refractivity contribution in [2.45, 2.75) is 65.9 Å². The highest BCUT2D eigenvalue weighted by Crippen LogP contribution is 2.40. The van der Waals surface area contributed by atoms with Crippen LogP contribution >= 0.6 is 11.3 Å². The van der Waals surface area contributed by atoms with E-state index in [1.165, 1.54) is 27.9 Å². The first-order valence-electron chi connectivity index (χ1n) is 10.7. The summed E-state index contributed by atoms with van der Waals surface area (Å²) in [6.07, 6.45) is 5.95. The number of esters is 1. The molecule has 1 aliphatic rings. The predicted molar refractivity (Wildman–Crippen MR) is 124 cm³/mol. The summed E-state index contributed by atoms with van der Waals surface area (Å²) in [5, 5.41) is 3.53. The number of nitrogens with one attached hydrogen (secondary N) is 1. The first-order valence-corrected chi connectivity index (χ1v) is 11.5. The third-order valence-corrected chi connectivity index (χ3v) is 6.50. The Kier molecular flexibility index (Phi) is 7.14. The number of benzene rings is 1. The van der Waals surface area contributed by atoms with Gasteiger partial charge in [-0.1, -0.05) is 45.0 Å². The van der Waals surface area contributed by atoms with Crippen LogP contribution in [0.1, 0.15) is 78.9 Å². The van der Waals surface area contributed by atoms with Gasteiger partial charge in [-0.05, 0) is 67.7 Å². The molecule has 1 aromatic carbocycles. The van der Waals surface area contributed by atoms with E-state index >= 15 is 0 Å². The number of rotatable bonds is 6. The smallest absolute Gasteiger partial charge is 0.341 e. The zero-order chi connectivity index (χ0) is 21.8. The molecule has 0 fully saturated rings. The zero-order valence-electron chi connectivity index (χ0n) is 18.5. The number of amides is 1. The standard InChI is InChI=1S/C25H31NO3S/c1-15(2)19-10-7-18(8-11-19)9-13-22(27)26-24-23(25(28)29-16(3)4)20-12-6-17(5)14-21(20)30-24/h7-11,13,15-17H,6,12,14H2,1-5H3,(H,26,27)/b13-9+. The maximum atomic E-state index is 12.8. The molecule has 0 bridgehead atoms. The van der Waals surface area contributed by atoms with Crippen LogP contribution in [0.3, 0.4) is 0 Å². The molecule has 0 spiro atoms. The highest BCUT2D eigenvalue weighted by Gasteiger charge is 2.29. The van der Waals surface area contributed by atoms with Crippen LogP contribution in [-0.2, 0) is 22.4 Å². The van der Waals surface area contributed by atoms with Crippen molar-refractivity contribution in [3.8, 4) is 0 Å². The van der Waals surface area contributed by atoms with Crippen LogP contribution in [0, 0.1) is 5.92 Å². The fourth-order valence-corrected chi connectivity index (χ4v) is 5.05. The number of fused-ring (bicyclic) bond motifs is 1. The van der Waals surface area contributed by atoms with Gasteiger partial charge in [0.15, 0.2) is 0 Å². The summed E-state index contributed by atoms with van der Waals surface area (Å²) in [5.41, 5.74) is 3.82. The lowest BCUT2D eigenvalue weighted by atomic mass is 9.88. The van der Waals surface area contributed by atoms with Crippen LogP contribution in [0.4, 0.5) is 5.00 Å². The average Bonchev–Trinajstić information content (AvgIpc) is 3.02. The van der Waals surface area contributed by atoms with E-state index in [-0.39, 0.29) is 18.0 Å². The summed E-state index contributed by atoms with van der Waals surface area (Å²) in [6.45, 7) is 10.2. The van der Waals surface area contributed by atoms with Gasteiger partial charge in [0.25, 0.3) is 0 Å². The third kappa shape index (κ3) is 5.39. The van der Waals surface area contributed by atoms with Gasteiger partial charge in [-0.3, -0.25) is 4.79 Å². The van der Waals surface area contributed by atoms with E-state index in [4.69, 9.17) is 4.74 Å². The number of hydrogen-bond acceptors (Lipinski definition) is 4. The highest BCUT2D eigenvalue weighted by atomic mass is 32.1. The highest BCUT2D eigenvalue weighted by molar-refractivity contribution is 7.17. The topological polar surface area (TPSA) is 55.4 Å². The molecule has 1 amide bonds. The second-order valence-electron chi connectivity index (χ2n) is 8.65. The number of carbonyl (C=O) groups is 2. The normalized spacial score (nSPS) is 16.2. The second-order valence-corrected chi connectivity index (χ2v) is 9.76. The van der Waals surface area contributed by atoms with Crippen LogP contribution in [0.2, 0.25) is 0 Å². The van der Waals surface area contributed by atoms with Crippen LogP contribution in [0.5, 0.6) is 0 Å². The van der Waals surface area contributed by atoms with E-state index in [9.17, 15) is 9.59 Å². The van der Waals surface area contributed by atoms with Gasteiger partial charge in [0.1, 0.15) is 5.00 Å². The molecule has 0 aliphatic heterocycles. The molecule has 1 heterocycles. The van der Waals surface area contributed by atoms with Gasteiger partial charge in [0, 0.05) is 11.0 Å². The number of anilines is 1. The van der Waals surface area contributed by atoms with E-state index in [0.717, 1.165) is 30.4 Å². The van der Waals surface area contributed by atoms with Crippen molar-refractivity contribution in [1.29, 1.82) is 0 Å². The largest absolute Gasteiger partial charge is 0.459 e. The Hall–Kier alpha value is -2.40. The van der Waals surface area contributed by atoms with Crippen LogP contribution in [0.25, 0.3) is 6.08 Å². The van der Waals surface area contributed by atoms with Crippen LogP contribution in [-0.4, -0.2) is 18.0 Å². The molecule has 1 unspecified atom stereocenters. The van der Waals surface area contributed by atoms with Crippen molar-refractivity contribution < 1.29 is 14.3 Å². The average molecular weight is 426 g/mol. The number of ether oxygens (including phenoxy) is 1. The molecule has 4 nitrogen and oxygen atoms in total. The minimum atomic E-state index is -0.347. The monoisotopic (exact) mass is 425 g/mol. The lowest BCUT2D eigenvalue weighted by molar-refractivity contribution is -0.111. The minimum Gasteiger partial charge on any atom is -0.459 e. The fourth-order valence-electron chi connectivity index (χ4n) is 3.65. The Morgan fingerprint density at radius 3 is 2.50 bits per heavy atom. The SMILES string of the molecule is CC1CCc2c(sc(NC(=O)/C=C/c3ccc(C(C)C)cc3)c2C(=O)OC(C)C)C1. The molecule has 30 heavy (non-hydrogen) atoms. The van der Waals surface area contributed by atoms with Gasteiger partial charge >= 0.3 is 5.97 Å². The molecular weight excluding hydrogens is 394 g/mol. The maximum absolute atomic E-state index is 12.8. The summed E-state index contributed by atoms with van der Waals surface area (Å²) < 4.78 is 5.47. The summed E-state index contributed by atoms with van der Waals surface area (Å²) >= 11 is 1.51. The van der Waals surface area contributed by atoms with Crippen molar-refractivity contribution in [2.24, 2.45) is 5.92 Å². The summed E-state index contributed by atoms with van der Waals surface area (Å²) in [5.74, 6) is 0.471. The quantitative estimate of drug-likeness (QED) is 0.442. The van der Waals surface area contributed by atoms with E-state index in [1.807, 2.05) is 26.0 Å². The molecular formula is C25H31NO3S. The summed E-state index contributed by atoms with van der Waals surface area (Å²) in [7, 11) is 0. The van der Waals surface area contributed by atoms with Crippen LogP contribution < -0.4 is 5.32 Å². The minimum absolute atomic E-state index is 0.201. The molecule has 2 aromatic rings. The van der Waals surface area contributed by atoms with E-state index in [1.54, 1.807) is 6.08 Å². The first kappa shape index (κ1) is 22.3. The predicted octanol–water partition coefficient (Wildman–Crippen LogP) is 6.21. The van der Waals surface area contributed by atoms with Crippen molar-refractivity contribution >= 4 is 34.3 Å². The molecule has 0 saturated carbocycles. The van der Waals surface area contributed by atoms with E-state index < -0.39 is 0 Å². The molecule has 5 heteroatoms. The molecule has 1 aromatic heterocycles. The van der Waals surface area contributed by atoms with Crippen molar-refractivity contribution in [2.75, 3.05) is 5.32 Å². The summed E-state index contributed by atoms with van der Waals surface area (Å²) in [4.78, 5) is 26.5. The molecule has 0 radical (unpaired) electrons. The first-order chi connectivity index (χ1) is 14.2. The molecule has 3 rings (SSSR count). The number of hydrogen-bond donors (Lipinski definition) is 1. The number of carbonyl (C=O) groups excluding carboxylic acids is 2. The van der Waals surface area contributed by atoms with Gasteiger partial charge in [0.2, 0.25) is 5.91 Å². The fraction of sp³-hybridized carbons (Fsp3) is 0.440. The van der Waals surface area contributed by atoms with Gasteiger partial charge in [-0.2, -0.15) is 0 Å². The van der Waals surface area contributed by atoms with Gasteiger partial charge in [-0.25, -0.2) is 4.79 Å². The zero-order valence-corrected chi connectivity index (χ0v) is 19.3. The van der Waals surface area contributed by atoms with Gasteiger partial charge in [0.05, 0.1) is 11.7 Å². The van der Waals surface area contributed by atoms with E-state index in [0.29, 0.717) is 22.4 Å². The molecule has 160 valence electrons. The molecule has 1 N–H and O–H groups in total. The van der Waals surface area contributed by atoms with Gasteiger partial charge < -0.3 is 10.1 Å². The van der Waals surface area contributed by atoms with Gasteiger partial charge in [-0.15, -0.1) is 11.3 Å². The Morgan fingerprint density at radius 2 is 1.87 bits per heavy atom. The summed E-state index contributed by atoms with van der Waals surface area (Å²) in [6, 6.07) is 8.18. The lowest BCUT2D eigenvalue weighted by Gasteiger charge is -2.18. The molecule has 1 aliphatic carbocycles. The molecule has 1 atom stereocenters. The van der Waals surface area contributed by atoms with Crippen LogP contribution in [0.15, 0.2) is 30.3 Å². The lowest BCUT2D eigenvalue weighted by Crippen LogP contribution is -2.18. The Labute approximate surface area is 183 Å². The third-order valence-electron chi connectivity index (χ3n) is 5.33. The van der Waals surface area contributed by atoms with Crippen molar-refractivity contribution in [1.82, 2.24) is 0 Å². The number of thiophene rings is 1. The molecule has 0 saturated heterocycles. The Morgan fingerprint density at radius 1 is 1.17 bits per heavy atom. The van der Waals surface area contributed by atoms with Crippen molar-refractivity contribution in [3.05, 3.63) is 57.5 Å². The second kappa shape index (κ2) is 9.61. The van der Waals surface area contributed by atoms with Crippen molar-refractivity contribution in [3.63, 3.8) is 0 Å². The van der Waals surface area contributed by atoms with E-state index in [2.05, 4.69) is 38.2 Å². The maximum Gasteiger partial charge on any atom is 0.341 e. The Bertz CT molecular complexity index is 938.